The average molecular weight is 233 g/mol. The normalized spacial score (nSPS) is 16.9. The zero-order valence-corrected chi connectivity index (χ0v) is 9.00. The molecule has 0 amide bonds. The van der Waals surface area contributed by atoms with Gasteiger partial charge in [-0.05, 0) is 18.4 Å². The summed E-state index contributed by atoms with van der Waals surface area (Å²) < 4.78 is 0. The average Bonchev–Trinajstić information content (AvgIpc) is 2.79. The van der Waals surface area contributed by atoms with Gasteiger partial charge in [-0.15, -0.1) is 0 Å². The number of hydrogen-bond acceptors (Lipinski definition) is 3. The summed E-state index contributed by atoms with van der Waals surface area (Å²) >= 11 is 0. The molecule has 0 saturated heterocycles. The third-order valence-corrected chi connectivity index (χ3v) is 3.12. The van der Waals surface area contributed by atoms with Crippen LogP contribution in [0.15, 0.2) is 36.4 Å². The molecule has 0 atom stereocenters. The van der Waals surface area contributed by atoms with Gasteiger partial charge in [0.1, 0.15) is 0 Å². The number of allylic oxidation sites excluding steroid dienone is 2. The maximum Gasteiger partial charge on any atom is 0.314 e. The number of carboxylic acid groups (broad SMARTS) is 1. The van der Waals surface area contributed by atoms with Crippen molar-refractivity contribution < 1.29 is 14.8 Å². The Hall–Kier alpha value is -2.17. The molecule has 1 aliphatic carbocycles. The number of carbonyl (C=O) groups is 1. The van der Waals surface area contributed by atoms with Crippen molar-refractivity contribution in [2.24, 2.45) is 0 Å². The Morgan fingerprint density at radius 3 is 2.53 bits per heavy atom. The van der Waals surface area contributed by atoms with Gasteiger partial charge in [-0.25, -0.2) is 0 Å². The second-order valence-electron chi connectivity index (χ2n) is 4.07. The molecule has 17 heavy (non-hydrogen) atoms. The van der Waals surface area contributed by atoms with Crippen LogP contribution in [0.4, 0.5) is 5.69 Å². The monoisotopic (exact) mass is 233 g/mol. The predicted octanol–water partition coefficient (Wildman–Crippen LogP) is 2.27. The summed E-state index contributed by atoms with van der Waals surface area (Å²) in [5.74, 6) is -0.942. The highest BCUT2D eigenvalue weighted by Crippen LogP contribution is 2.38. The highest BCUT2D eigenvalue weighted by Gasteiger charge is 2.41. The molecule has 0 spiro atoms. The minimum absolute atomic E-state index is 0.0741. The van der Waals surface area contributed by atoms with E-state index in [1.54, 1.807) is 18.2 Å². The topological polar surface area (TPSA) is 80.4 Å². The lowest BCUT2D eigenvalue weighted by atomic mass is 9.78. The molecule has 0 heterocycles. The Bertz CT molecular complexity index is 499. The fourth-order valence-electron chi connectivity index (χ4n) is 2.10. The molecule has 1 aromatic rings. The van der Waals surface area contributed by atoms with E-state index >= 15 is 0 Å². The standard InChI is InChI=1S/C12H11NO4/c14-11(15)12(6-1-2-7-12)9-4-3-5-10(8-9)13(16)17/h1-5,8H,6-7H2,(H,14,15). The fourth-order valence-corrected chi connectivity index (χ4v) is 2.10. The van der Waals surface area contributed by atoms with Crippen molar-refractivity contribution in [3.05, 3.63) is 52.1 Å². The third-order valence-electron chi connectivity index (χ3n) is 3.12. The third kappa shape index (κ3) is 1.80. The highest BCUT2D eigenvalue weighted by atomic mass is 16.6. The summed E-state index contributed by atoms with van der Waals surface area (Å²) in [5.41, 5.74) is -0.620. The summed E-state index contributed by atoms with van der Waals surface area (Å²) in [4.78, 5) is 21.6. The number of nitro benzene ring substituents is 1. The van der Waals surface area contributed by atoms with E-state index in [2.05, 4.69) is 0 Å². The Labute approximate surface area is 97.5 Å². The summed E-state index contributed by atoms with van der Waals surface area (Å²) in [5, 5.41) is 20.0. The summed E-state index contributed by atoms with van der Waals surface area (Å²) in [6.07, 6.45) is 4.35. The molecule has 0 saturated carbocycles. The molecule has 0 bridgehead atoms. The molecule has 0 aliphatic heterocycles. The van der Waals surface area contributed by atoms with Gasteiger partial charge in [0.2, 0.25) is 0 Å². The molecular weight excluding hydrogens is 222 g/mol. The van der Waals surface area contributed by atoms with Crippen molar-refractivity contribution in [2.75, 3.05) is 0 Å². The van der Waals surface area contributed by atoms with Crippen LogP contribution < -0.4 is 0 Å². The number of nitro groups is 1. The van der Waals surface area contributed by atoms with E-state index in [0.29, 0.717) is 18.4 Å². The SMILES string of the molecule is O=C(O)C1(c2cccc([N+](=O)[O-])c2)CC=CC1. The van der Waals surface area contributed by atoms with Crippen LogP contribution in [-0.4, -0.2) is 16.0 Å². The van der Waals surface area contributed by atoms with Gasteiger partial charge in [0, 0.05) is 12.1 Å². The fraction of sp³-hybridized carbons (Fsp3) is 0.250. The number of non-ortho nitro benzene ring substituents is 1. The quantitative estimate of drug-likeness (QED) is 0.493. The van der Waals surface area contributed by atoms with Crippen LogP contribution in [0.3, 0.4) is 0 Å². The van der Waals surface area contributed by atoms with Crippen molar-refractivity contribution in [2.45, 2.75) is 18.3 Å². The molecule has 1 aliphatic rings. The van der Waals surface area contributed by atoms with E-state index in [4.69, 9.17) is 0 Å². The summed E-state index contributed by atoms with van der Waals surface area (Å²) in [6.45, 7) is 0. The van der Waals surface area contributed by atoms with Gasteiger partial charge in [-0.2, -0.15) is 0 Å². The molecule has 5 nitrogen and oxygen atoms in total. The Morgan fingerprint density at radius 1 is 1.35 bits per heavy atom. The number of carboxylic acids is 1. The number of nitrogens with zero attached hydrogens (tertiary/aromatic N) is 1. The van der Waals surface area contributed by atoms with E-state index in [-0.39, 0.29) is 5.69 Å². The smallest absolute Gasteiger partial charge is 0.314 e. The highest BCUT2D eigenvalue weighted by molar-refractivity contribution is 5.83. The molecule has 88 valence electrons. The zero-order valence-electron chi connectivity index (χ0n) is 9.00. The maximum atomic E-state index is 11.4. The van der Waals surface area contributed by atoms with E-state index in [0.717, 1.165) is 0 Å². The molecule has 0 radical (unpaired) electrons. The van der Waals surface area contributed by atoms with Gasteiger partial charge >= 0.3 is 5.97 Å². The molecule has 5 heteroatoms. The van der Waals surface area contributed by atoms with E-state index in [1.165, 1.54) is 18.2 Å². The molecule has 0 unspecified atom stereocenters. The Balaban J connectivity index is 2.48. The second-order valence-corrected chi connectivity index (χ2v) is 4.07. The van der Waals surface area contributed by atoms with Crippen LogP contribution in [0.1, 0.15) is 18.4 Å². The van der Waals surface area contributed by atoms with Crippen LogP contribution >= 0.6 is 0 Å². The van der Waals surface area contributed by atoms with Crippen molar-refractivity contribution in [1.82, 2.24) is 0 Å². The number of benzene rings is 1. The van der Waals surface area contributed by atoms with Gasteiger partial charge in [-0.1, -0.05) is 24.3 Å². The van der Waals surface area contributed by atoms with E-state index < -0.39 is 16.3 Å². The second kappa shape index (κ2) is 4.01. The molecule has 0 aromatic heterocycles. The van der Waals surface area contributed by atoms with Crippen molar-refractivity contribution >= 4 is 11.7 Å². The maximum absolute atomic E-state index is 11.4. The number of hydrogen-bond donors (Lipinski definition) is 1. The van der Waals surface area contributed by atoms with Crippen LogP contribution in [0.2, 0.25) is 0 Å². The lowest BCUT2D eigenvalue weighted by molar-refractivity contribution is -0.384. The molecule has 2 rings (SSSR count). The van der Waals surface area contributed by atoms with Gasteiger partial charge in [-0.3, -0.25) is 14.9 Å². The Morgan fingerprint density at radius 2 is 2.00 bits per heavy atom. The summed E-state index contributed by atoms with van der Waals surface area (Å²) in [6, 6.07) is 5.87. The van der Waals surface area contributed by atoms with Crippen molar-refractivity contribution in [3.63, 3.8) is 0 Å². The van der Waals surface area contributed by atoms with E-state index in [9.17, 15) is 20.0 Å². The molecular formula is C12H11NO4. The van der Waals surface area contributed by atoms with Crippen molar-refractivity contribution in [3.8, 4) is 0 Å². The minimum Gasteiger partial charge on any atom is -0.481 e. The largest absolute Gasteiger partial charge is 0.481 e. The van der Waals surface area contributed by atoms with Crippen LogP contribution in [0, 0.1) is 10.1 Å². The molecule has 1 N–H and O–H groups in total. The zero-order chi connectivity index (χ0) is 12.5. The van der Waals surface area contributed by atoms with Gasteiger partial charge in [0.05, 0.1) is 10.3 Å². The first kappa shape index (κ1) is 11.3. The first-order valence-corrected chi connectivity index (χ1v) is 5.19. The van der Waals surface area contributed by atoms with Crippen molar-refractivity contribution in [1.29, 1.82) is 0 Å². The van der Waals surface area contributed by atoms with Gasteiger partial charge in [0.25, 0.3) is 5.69 Å². The molecule has 1 aromatic carbocycles. The number of aliphatic carboxylic acids is 1. The minimum atomic E-state index is -1.04. The first-order valence-electron chi connectivity index (χ1n) is 5.19. The molecule has 0 fully saturated rings. The lowest BCUT2D eigenvalue weighted by Crippen LogP contribution is -2.32. The van der Waals surface area contributed by atoms with Crippen LogP contribution in [0.25, 0.3) is 0 Å². The first-order chi connectivity index (χ1) is 8.06. The van der Waals surface area contributed by atoms with Crippen LogP contribution in [0.5, 0.6) is 0 Å². The Kier molecular flexibility index (Phi) is 2.67. The van der Waals surface area contributed by atoms with E-state index in [1.807, 2.05) is 0 Å². The summed E-state index contributed by atoms with van der Waals surface area (Å²) in [7, 11) is 0. The number of rotatable bonds is 3. The lowest BCUT2D eigenvalue weighted by Gasteiger charge is -2.24. The van der Waals surface area contributed by atoms with Gasteiger partial charge < -0.3 is 5.11 Å². The van der Waals surface area contributed by atoms with Gasteiger partial charge in [0.15, 0.2) is 0 Å². The predicted molar refractivity (Wildman–Crippen MR) is 60.8 cm³/mol. The van der Waals surface area contributed by atoms with Crippen LogP contribution in [-0.2, 0) is 10.2 Å².